The van der Waals surface area contributed by atoms with E-state index in [-0.39, 0.29) is 25.4 Å². The number of esters is 1. The Balaban J connectivity index is 1.53. The maximum absolute atomic E-state index is 13.3. The number of rotatable bonds is 9. The van der Waals surface area contributed by atoms with Crippen LogP contribution in [0.25, 0.3) is 5.57 Å². The van der Waals surface area contributed by atoms with Crippen molar-refractivity contribution in [2.45, 2.75) is 52.1 Å². The highest BCUT2D eigenvalue weighted by Crippen LogP contribution is 2.46. The molecular weight excluding hydrogens is 510 g/mol. The number of hydrogen-bond acceptors (Lipinski definition) is 4. The summed E-state index contributed by atoms with van der Waals surface area (Å²) in [6.45, 7) is 2.37. The van der Waals surface area contributed by atoms with Crippen molar-refractivity contribution in [2.75, 3.05) is 6.61 Å². The molecule has 5 rings (SSSR count). The van der Waals surface area contributed by atoms with E-state index >= 15 is 0 Å². The molecule has 0 radical (unpaired) electrons. The molecule has 1 amide bonds. The highest BCUT2D eigenvalue weighted by molar-refractivity contribution is 6.36. The number of fused-ring (bicyclic) bond motifs is 1. The second-order valence-electron chi connectivity index (χ2n) is 9.80. The lowest BCUT2D eigenvalue weighted by Crippen LogP contribution is -2.26. The number of hydrogen-bond donors (Lipinski definition) is 1. The van der Waals surface area contributed by atoms with E-state index in [0.717, 1.165) is 53.7 Å². The Kier molecular flexibility index (Phi) is 8.48. The highest BCUT2D eigenvalue weighted by Gasteiger charge is 2.34. The first-order valence-corrected chi connectivity index (χ1v) is 13.9. The second kappa shape index (κ2) is 12.4. The van der Waals surface area contributed by atoms with Crippen molar-refractivity contribution < 1.29 is 19.1 Å². The smallest absolute Gasteiger partial charge is 0.340 e. The van der Waals surface area contributed by atoms with E-state index in [0.29, 0.717) is 28.5 Å². The first-order chi connectivity index (χ1) is 19.0. The van der Waals surface area contributed by atoms with Gasteiger partial charge in [-0.05, 0) is 54.9 Å². The van der Waals surface area contributed by atoms with Crippen LogP contribution < -0.4 is 10.1 Å². The van der Waals surface area contributed by atoms with Crippen molar-refractivity contribution in [1.29, 1.82) is 0 Å². The molecule has 0 spiro atoms. The van der Waals surface area contributed by atoms with Gasteiger partial charge < -0.3 is 14.8 Å². The van der Waals surface area contributed by atoms with Crippen molar-refractivity contribution in [2.24, 2.45) is 0 Å². The number of nitrogens with one attached hydrogen (secondary N) is 1. The van der Waals surface area contributed by atoms with E-state index in [9.17, 15) is 9.59 Å². The topological polar surface area (TPSA) is 64.6 Å². The number of aryl methyl sites for hydroxylation is 1. The van der Waals surface area contributed by atoms with Gasteiger partial charge in [0.25, 0.3) is 0 Å². The minimum Gasteiger partial charge on any atom is -0.488 e. The van der Waals surface area contributed by atoms with Crippen molar-refractivity contribution >= 4 is 29.1 Å². The Hall–Kier alpha value is -3.83. The van der Waals surface area contributed by atoms with Gasteiger partial charge in [-0.2, -0.15) is 0 Å². The number of amides is 1. The van der Waals surface area contributed by atoms with Gasteiger partial charge in [0.15, 0.2) is 0 Å². The molecule has 0 saturated carbocycles. The van der Waals surface area contributed by atoms with Crippen LogP contribution in [-0.2, 0) is 40.2 Å². The molecule has 200 valence electrons. The van der Waals surface area contributed by atoms with E-state index < -0.39 is 5.97 Å². The standard InChI is InChI=1S/C33H32ClNO4/c1-2-38-33(37)31-28(35-29(36)19-22-11-5-3-6-12-22)20-27(34)30(31)26-18-17-24-15-9-10-16-25(24)32(26)39-21-23-13-7-4-8-14-23/h3-8,11-14,17-18H,2,9-10,15-16,19-21H2,1H3,(H,35,36). The minimum absolute atomic E-state index is 0.192. The summed E-state index contributed by atoms with van der Waals surface area (Å²) in [5.74, 6) is 0.0301. The molecule has 2 aliphatic carbocycles. The molecule has 0 fully saturated rings. The zero-order valence-corrected chi connectivity index (χ0v) is 22.9. The summed E-state index contributed by atoms with van der Waals surface area (Å²) in [7, 11) is 0. The molecule has 6 heteroatoms. The molecule has 0 aromatic heterocycles. The van der Waals surface area contributed by atoms with Crippen molar-refractivity contribution in [1.82, 2.24) is 5.32 Å². The fraction of sp³-hybridized carbons (Fsp3) is 0.273. The predicted octanol–water partition coefficient (Wildman–Crippen LogP) is 6.67. The number of halogens is 1. The van der Waals surface area contributed by atoms with Crippen molar-refractivity contribution in [3.63, 3.8) is 0 Å². The number of carbonyl (C=O) groups is 2. The van der Waals surface area contributed by atoms with E-state index in [1.807, 2.05) is 66.7 Å². The third kappa shape index (κ3) is 6.10. The quantitative estimate of drug-likeness (QED) is 0.307. The fourth-order valence-corrected chi connectivity index (χ4v) is 5.64. The third-order valence-electron chi connectivity index (χ3n) is 7.11. The Morgan fingerprint density at radius 2 is 1.59 bits per heavy atom. The molecule has 0 unspecified atom stereocenters. The van der Waals surface area contributed by atoms with E-state index in [2.05, 4.69) is 11.4 Å². The van der Waals surface area contributed by atoms with Crippen LogP contribution in [0.5, 0.6) is 5.75 Å². The van der Waals surface area contributed by atoms with Gasteiger partial charge in [0.1, 0.15) is 12.4 Å². The number of ether oxygens (including phenoxy) is 2. The Labute approximate surface area is 234 Å². The van der Waals surface area contributed by atoms with Crippen LogP contribution in [-0.4, -0.2) is 18.5 Å². The zero-order chi connectivity index (χ0) is 27.2. The molecule has 0 atom stereocenters. The molecule has 1 N–H and O–H groups in total. The van der Waals surface area contributed by atoms with Crippen molar-refractivity contribution in [3.8, 4) is 5.75 Å². The molecule has 0 bridgehead atoms. The second-order valence-corrected chi connectivity index (χ2v) is 10.3. The lowest BCUT2D eigenvalue weighted by molar-refractivity contribution is -0.138. The van der Waals surface area contributed by atoms with Gasteiger partial charge in [-0.1, -0.05) is 84.4 Å². The summed E-state index contributed by atoms with van der Waals surface area (Å²) in [6.07, 6.45) is 4.53. The highest BCUT2D eigenvalue weighted by atomic mass is 35.5. The van der Waals surface area contributed by atoms with Crippen LogP contribution in [0.2, 0.25) is 0 Å². The summed E-state index contributed by atoms with van der Waals surface area (Å²) in [5.41, 5.74) is 6.45. The predicted molar refractivity (Wildman–Crippen MR) is 153 cm³/mol. The van der Waals surface area contributed by atoms with Gasteiger partial charge in [-0.25, -0.2) is 4.79 Å². The van der Waals surface area contributed by atoms with Gasteiger partial charge in [-0.15, -0.1) is 0 Å². The van der Waals surface area contributed by atoms with Gasteiger partial charge in [0.2, 0.25) is 5.91 Å². The molecule has 2 aliphatic rings. The fourth-order valence-electron chi connectivity index (χ4n) is 5.31. The third-order valence-corrected chi connectivity index (χ3v) is 7.43. The molecule has 0 saturated heterocycles. The summed E-state index contributed by atoms with van der Waals surface area (Å²) in [4.78, 5) is 26.3. The summed E-state index contributed by atoms with van der Waals surface area (Å²) >= 11 is 6.89. The average molecular weight is 542 g/mol. The van der Waals surface area contributed by atoms with E-state index in [1.165, 1.54) is 5.56 Å². The Morgan fingerprint density at radius 1 is 0.897 bits per heavy atom. The SMILES string of the molecule is CCOC(=O)C1=C(NC(=O)Cc2ccccc2)CC(Cl)=C1c1ccc2c(c1OCc1ccccc1)CCCC2. The molecular formula is C33H32ClNO4. The van der Waals surface area contributed by atoms with E-state index in [1.54, 1.807) is 6.92 Å². The number of benzene rings is 3. The minimum atomic E-state index is -0.509. The molecule has 3 aromatic carbocycles. The maximum Gasteiger partial charge on any atom is 0.340 e. The van der Waals surface area contributed by atoms with Crippen LogP contribution >= 0.6 is 11.6 Å². The summed E-state index contributed by atoms with van der Waals surface area (Å²) in [5, 5.41) is 3.44. The number of carbonyl (C=O) groups excluding carboxylic acids is 2. The summed E-state index contributed by atoms with van der Waals surface area (Å²) in [6, 6.07) is 23.6. The lowest BCUT2D eigenvalue weighted by atomic mass is 9.86. The van der Waals surface area contributed by atoms with Crippen LogP contribution in [0.3, 0.4) is 0 Å². The lowest BCUT2D eigenvalue weighted by Gasteiger charge is -2.24. The van der Waals surface area contributed by atoms with Gasteiger partial charge >= 0.3 is 5.97 Å². The summed E-state index contributed by atoms with van der Waals surface area (Å²) < 4.78 is 12.0. The molecule has 5 nitrogen and oxygen atoms in total. The first kappa shape index (κ1) is 26.8. The van der Waals surface area contributed by atoms with Gasteiger partial charge in [-0.3, -0.25) is 4.79 Å². The monoisotopic (exact) mass is 541 g/mol. The van der Waals surface area contributed by atoms with Crippen molar-refractivity contribution in [3.05, 3.63) is 117 Å². The Bertz CT molecular complexity index is 1430. The average Bonchev–Trinajstić information content (AvgIpc) is 3.27. The molecule has 0 heterocycles. The maximum atomic E-state index is 13.3. The van der Waals surface area contributed by atoms with Crippen LogP contribution in [0.1, 0.15) is 54.0 Å². The molecule has 0 aliphatic heterocycles. The van der Waals surface area contributed by atoms with E-state index in [4.69, 9.17) is 21.1 Å². The van der Waals surface area contributed by atoms with Crippen LogP contribution in [0, 0.1) is 0 Å². The van der Waals surface area contributed by atoms with Crippen LogP contribution in [0.4, 0.5) is 0 Å². The molecule has 3 aromatic rings. The Morgan fingerprint density at radius 3 is 2.31 bits per heavy atom. The zero-order valence-electron chi connectivity index (χ0n) is 22.1. The van der Waals surface area contributed by atoms with Gasteiger partial charge in [0.05, 0.1) is 18.6 Å². The normalized spacial score (nSPS) is 14.7. The van der Waals surface area contributed by atoms with Crippen LogP contribution in [0.15, 0.2) is 89.1 Å². The molecule has 39 heavy (non-hydrogen) atoms. The van der Waals surface area contributed by atoms with Gasteiger partial charge in [0, 0.05) is 28.3 Å². The largest absolute Gasteiger partial charge is 0.488 e. The first-order valence-electron chi connectivity index (χ1n) is 13.5. The number of allylic oxidation sites excluding steroid dienone is 1.